The molecule has 0 spiro atoms. The molecule has 3 aromatic rings. The van der Waals surface area contributed by atoms with Gasteiger partial charge in [0.1, 0.15) is 0 Å². The van der Waals surface area contributed by atoms with Gasteiger partial charge in [0.25, 0.3) is 0 Å². The predicted octanol–water partition coefficient (Wildman–Crippen LogP) is 2.28. The quantitative estimate of drug-likeness (QED) is 0.388. The molecule has 1 aliphatic heterocycles. The number of guanidine groups is 1. The van der Waals surface area contributed by atoms with Crippen molar-refractivity contribution in [1.82, 2.24) is 15.3 Å². The highest BCUT2D eigenvalue weighted by atomic mass is 35.5. The summed E-state index contributed by atoms with van der Waals surface area (Å²) in [6.45, 7) is 1.73. The van der Waals surface area contributed by atoms with Gasteiger partial charge in [0, 0.05) is 30.3 Å². The number of halogens is 2. The van der Waals surface area contributed by atoms with Gasteiger partial charge in [-0.2, -0.15) is 0 Å². The Morgan fingerprint density at radius 3 is 2.22 bits per heavy atom. The summed E-state index contributed by atoms with van der Waals surface area (Å²) in [6.07, 6.45) is 3.38. The molecule has 0 bridgehead atoms. The second-order valence-corrected chi connectivity index (χ2v) is 5.43. The van der Waals surface area contributed by atoms with Crippen molar-refractivity contribution in [3.05, 3.63) is 48.8 Å². The van der Waals surface area contributed by atoms with Crippen LogP contribution < -0.4 is 27.8 Å². The van der Waals surface area contributed by atoms with Gasteiger partial charge in [-0.1, -0.05) is 0 Å². The van der Waals surface area contributed by atoms with E-state index in [1.165, 1.54) is 0 Å². The van der Waals surface area contributed by atoms with E-state index < -0.39 is 0 Å². The highest BCUT2D eigenvalue weighted by molar-refractivity contribution is 5.96. The van der Waals surface area contributed by atoms with Gasteiger partial charge in [-0.05, 0) is 36.4 Å². The van der Waals surface area contributed by atoms with Gasteiger partial charge < -0.3 is 27.8 Å². The number of benzene rings is 2. The van der Waals surface area contributed by atoms with Gasteiger partial charge >= 0.3 is 0 Å². The standard InChI is InChI=1S/C11H11N5.C6H9N3.2ClH/c1-2-9-10(13-4-3-12-9)7-8(1)16-11-14-5-6-15-11;7-4-1-2-5(8)6(9)3-4;;/h1-4,7H,5-6H2,(H2,14,15,16);1-3H,7-9H2;2*1H. The molecule has 2 aromatic carbocycles. The first-order chi connectivity index (χ1) is 12.1. The third kappa shape index (κ3) is 6.05. The second-order valence-electron chi connectivity index (χ2n) is 5.43. The zero-order valence-corrected chi connectivity index (χ0v) is 16.1. The van der Waals surface area contributed by atoms with Crippen molar-refractivity contribution in [3.8, 4) is 0 Å². The Morgan fingerprint density at radius 1 is 0.852 bits per heavy atom. The monoisotopic (exact) mass is 408 g/mol. The first-order valence-electron chi connectivity index (χ1n) is 7.78. The fraction of sp³-hybridized carbons (Fsp3) is 0.118. The Kier molecular flexibility index (Phi) is 8.37. The van der Waals surface area contributed by atoms with E-state index in [1.54, 1.807) is 30.6 Å². The summed E-state index contributed by atoms with van der Waals surface area (Å²) < 4.78 is 0. The summed E-state index contributed by atoms with van der Waals surface area (Å²) in [5, 5.41) is 6.36. The molecule has 144 valence electrons. The van der Waals surface area contributed by atoms with E-state index >= 15 is 0 Å². The van der Waals surface area contributed by atoms with Crippen LogP contribution in [0.5, 0.6) is 0 Å². The van der Waals surface area contributed by atoms with E-state index in [0.29, 0.717) is 17.1 Å². The molecule has 8 nitrogen and oxygen atoms in total. The Morgan fingerprint density at radius 2 is 1.59 bits per heavy atom. The topological polar surface area (TPSA) is 140 Å². The van der Waals surface area contributed by atoms with E-state index in [9.17, 15) is 0 Å². The van der Waals surface area contributed by atoms with Gasteiger partial charge in [0.05, 0.1) is 29.0 Å². The van der Waals surface area contributed by atoms with Crippen LogP contribution in [0.4, 0.5) is 22.7 Å². The highest BCUT2D eigenvalue weighted by Crippen LogP contribution is 2.16. The Balaban J connectivity index is 0.000000288. The van der Waals surface area contributed by atoms with Gasteiger partial charge in [-0.15, -0.1) is 24.8 Å². The van der Waals surface area contributed by atoms with Crippen LogP contribution in [0.1, 0.15) is 0 Å². The Labute approximate surface area is 169 Å². The van der Waals surface area contributed by atoms with E-state index in [0.717, 1.165) is 35.8 Å². The lowest BCUT2D eigenvalue weighted by molar-refractivity contribution is 0.959. The molecule has 0 saturated carbocycles. The SMILES string of the molecule is Cl.Cl.Nc1ccc(N)c(N)c1.c1cnc2cc(NC3=NCCN3)ccc2n1. The summed E-state index contributed by atoms with van der Waals surface area (Å²) in [6, 6.07) is 10.9. The first-order valence-corrected chi connectivity index (χ1v) is 7.78. The molecular weight excluding hydrogens is 387 g/mol. The zero-order chi connectivity index (χ0) is 17.6. The molecule has 0 aliphatic carbocycles. The normalized spacial score (nSPS) is 11.8. The third-order valence-corrected chi connectivity index (χ3v) is 3.52. The number of hydrogen-bond acceptors (Lipinski definition) is 8. The number of hydrogen-bond donors (Lipinski definition) is 5. The number of rotatable bonds is 1. The molecule has 0 saturated heterocycles. The van der Waals surface area contributed by atoms with Crippen molar-refractivity contribution in [1.29, 1.82) is 0 Å². The lowest BCUT2D eigenvalue weighted by Gasteiger charge is -2.06. The van der Waals surface area contributed by atoms with Crippen LogP contribution in [0.15, 0.2) is 53.8 Å². The molecule has 27 heavy (non-hydrogen) atoms. The lowest BCUT2D eigenvalue weighted by Crippen LogP contribution is -2.26. The molecule has 2 heterocycles. The van der Waals surface area contributed by atoms with Gasteiger partial charge in [-0.25, -0.2) is 0 Å². The van der Waals surface area contributed by atoms with E-state index in [1.807, 2.05) is 18.2 Å². The molecule has 1 aromatic heterocycles. The third-order valence-electron chi connectivity index (χ3n) is 3.52. The van der Waals surface area contributed by atoms with Crippen molar-refractivity contribution in [2.24, 2.45) is 4.99 Å². The molecule has 0 fully saturated rings. The number of anilines is 4. The molecule has 0 radical (unpaired) electrons. The number of nitrogens with two attached hydrogens (primary N) is 3. The molecule has 1 aliphatic rings. The van der Waals surface area contributed by atoms with E-state index in [-0.39, 0.29) is 24.8 Å². The van der Waals surface area contributed by atoms with Crippen molar-refractivity contribution in [2.45, 2.75) is 0 Å². The van der Waals surface area contributed by atoms with Gasteiger partial charge in [-0.3, -0.25) is 15.0 Å². The Bertz CT molecular complexity index is 916. The fourth-order valence-corrected chi connectivity index (χ4v) is 2.25. The van der Waals surface area contributed by atoms with Crippen LogP contribution in [-0.2, 0) is 0 Å². The molecule has 10 heteroatoms. The zero-order valence-electron chi connectivity index (χ0n) is 14.4. The maximum atomic E-state index is 5.42. The summed E-state index contributed by atoms with van der Waals surface area (Å²) in [7, 11) is 0. The number of nitrogen functional groups attached to an aromatic ring is 3. The van der Waals surface area contributed by atoms with Gasteiger partial charge in [0.2, 0.25) is 0 Å². The smallest absolute Gasteiger partial charge is 0.195 e. The number of nitrogens with zero attached hydrogens (tertiary/aromatic N) is 3. The lowest BCUT2D eigenvalue weighted by atomic mass is 10.2. The minimum absolute atomic E-state index is 0. The molecule has 8 N–H and O–H groups in total. The number of aliphatic imine (C=N–C) groups is 1. The molecule has 0 unspecified atom stereocenters. The van der Waals surface area contributed by atoms with E-state index in [4.69, 9.17) is 17.2 Å². The maximum absolute atomic E-state index is 5.42. The summed E-state index contributed by atoms with van der Waals surface area (Å²) in [5.41, 5.74) is 20.7. The Hall–Kier alpha value is -2.97. The predicted molar refractivity (Wildman–Crippen MR) is 118 cm³/mol. The number of aromatic nitrogens is 2. The average Bonchev–Trinajstić information content (AvgIpc) is 3.12. The summed E-state index contributed by atoms with van der Waals surface area (Å²) >= 11 is 0. The molecule has 0 atom stereocenters. The number of fused-ring (bicyclic) bond motifs is 1. The molecular formula is C17H22Cl2N8. The maximum Gasteiger partial charge on any atom is 0.195 e. The van der Waals surface area contributed by atoms with Crippen molar-refractivity contribution in [3.63, 3.8) is 0 Å². The fourth-order valence-electron chi connectivity index (χ4n) is 2.25. The molecule has 4 rings (SSSR count). The van der Waals surface area contributed by atoms with Gasteiger partial charge in [0.15, 0.2) is 5.96 Å². The highest BCUT2D eigenvalue weighted by Gasteiger charge is 2.05. The largest absolute Gasteiger partial charge is 0.399 e. The van der Waals surface area contributed by atoms with Crippen molar-refractivity contribution in [2.75, 3.05) is 35.6 Å². The summed E-state index contributed by atoms with van der Waals surface area (Å²) in [4.78, 5) is 12.7. The average molecular weight is 409 g/mol. The van der Waals surface area contributed by atoms with Crippen molar-refractivity contribution >= 4 is 64.6 Å². The van der Waals surface area contributed by atoms with E-state index in [2.05, 4.69) is 25.6 Å². The van der Waals surface area contributed by atoms with Crippen LogP contribution in [0.2, 0.25) is 0 Å². The van der Waals surface area contributed by atoms with Crippen LogP contribution in [0.25, 0.3) is 11.0 Å². The number of nitrogens with one attached hydrogen (secondary N) is 2. The minimum atomic E-state index is 0. The van der Waals surface area contributed by atoms with Crippen LogP contribution in [-0.4, -0.2) is 29.0 Å². The molecule has 0 amide bonds. The van der Waals surface area contributed by atoms with Crippen molar-refractivity contribution < 1.29 is 0 Å². The first kappa shape index (κ1) is 22.1. The van der Waals surface area contributed by atoms with Crippen LogP contribution >= 0.6 is 24.8 Å². The second kappa shape index (κ2) is 10.2. The summed E-state index contributed by atoms with van der Waals surface area (Å²) in [5.74, 6) is 0.822. The van der Waals surface area contributed by atoms with Crippen LogP contribution in [0, 0.1) is 0 Å². The minimum Gasteiger partial charge on any atom is -0.399 e. The van der Waals surface area contributed by atoms with Crippen LogP contribution in [0.3, 0.4) is 0 Å².